The van der Waals surface area contributed by atoms with E-state index in [-0.39, 0.29) is 5.92 Å². The highest BCUT2D eigenvalue weighted by atomic mass is 16.4. The second-order valence-electron chi connectivity index (χ2n) is 5.52. The predicted molar refractivity (Wildman–Crippen MR) is 80.4 cm³/mol. The van der Waals surface area contributed by atoms with Crippen molar-refractivity contribution < 1.29 is 9.90 Å². The Morgan fingerprint density at radius 3 is 2.95 bits per heavy atom. The number of hydrogen-bond acceptors (Lipinski definition) is 3. The summed E-state index contributed by atoms with van der Waals surface area (Å²) < 4.78 is 2.00. The zero-order valence-electron chi connectivity index (χ0n) is 12.1. The number of para-hydroxylation sites is 1. The molecule has 0 amide bonds. The Labute approximate surface area is 123 Å². The molecule has 110 valence electrons. The molecule has 0 radical (unpaired) electrons. The van der Waals surface area contributed by atoms with Crippen molar-refractivity contribution in [2.45, 2.75) is 12.8 Å². The van der Waals surface area contributed by atoms with Gasteiger partial charge in [-0.1, -0.05) is 18.2 Å². The van der Waals surface area contributed by atoms with Crippen LogP contribution in [0.4, 0.5) is 5.69 Å². The van der Waals surface area contributed by atoms with Gasteiger partial charge in [0.2, 0.25) is 0 Å². The van der Waals surface area contributed by atoms with Gasteiger partial charge in [0.05, 0.1) is 5.92 Å². The van der Waals surface area contributed by atoms with E-state index in [2.05, 4.69) is 16.0 Å². The fourth-order valence-electron chi connectivity index (χ4n) is 2.94. The Hall–Kier alpha value is -2.30. The average molecular weight is 285 g/mol. The molecule has 1 unspecified atom stereocenters. The van der Waals surface area contributed by atoms with Gasteiger partial charge in [0.15, 0.2) is 0 Å². The SMILES string of the molecule is Cn1ccnc1CCN1CC(C(=O)O)Cc2ccccc21. The number of aryl methyl sites for hydroxylation is 1. The van der Waals surface area contributed by atoms with Gasteiger partial charge in [-0.2, -0.15) is 0 Å². The number of carboxylic acid groups (broad SMARTS) is 1. The van der Waals surface area contributed by atoms with Crippen LogP contribution in [0, 0.1) is 5.92 Å². The minimum atomic E-state index is -0.716. The van der Waals surface area contributed by atoms with Crippen molar-refractivity contribution in [3.8, 4) is 0 Å². The van der Waals surface area contributed by atoms with Crippen LogP contribution in [0.1, 0.15) is 11.4 Å². The summed E-state index contributed by atoms with van der Waals surface area (Å²) in [5.41, 5.74) is 2.28. The molecule has 5 heteroatoms. The maximum absolute atomic E-state index is 11.4. The molecule has 0 fully saturated rings. The minimum Gasteiger partial charge on any atom is -0.481 e. The van der Waals surface area contributed by atoms with Gasteiger partial charge in [0.1, 0.15) is 5.82 Å². The second kappa shape index (κ2) is 5.60. The fourth-order valence-corrected chi connectivity index (χ4v) is 2.94. The molecule has 1 atom stereocenters. The molecule has 1 N–H and O–H groups in total. The average Bonchev–Trinajstić information content (AvgIpc) is 2.89. The smallest absolute Gasteiger partial charge is 0.308 e. The molecule has 1 aliphatic rings. The van der Waals surface area contributed by atoms with Gasteiger partial charge in [-0.3, -0.25) is 4.79 Å². The quantitative estimate of drug-likeness (QED) is 0.929. The molecule has 1 aromatic carbocycles. The first-order valence-corrected chi connectivity index (χ1v) is 7.17. The van der Waals surface area contributed by atoms with Crippen molar-refractivity contribution in [2.75, 3.05) is 18.0 Å². The van der Waals surface area contributed by atoms with Crippen LogP contribution in [0.15, 0.2) is 36.7 Å². The third kappa shape index (κ3) is 2.77. The van der Waals surface area contributed by atoms with Gasteiger partial charge >= 0.3 is 5.97 Å². The number of anilines is 1. The largest absolute Gasteiger partial charge is 0.481 e. The Kier molecular flexibility index (Phi) is 3.64. The van der Waals surface area contributed by atoms with E-state index in [0.717, 1.165) is 30.0 Å². The normalized spacial score (nSPS) is 17.6. The predicted octanol–water partition coefficient (Wildman–Crippen LogP) is 1.73. The van der Waals surface area contributed by atoms with Gasteiger partial charge in [-0.05, 0) is 18.1 Å². The number of fused-ring (bicyclic) bond motifs is 1. The number of carbonyl (C=O) groups is 1. The second-order valence-corrected chi connectivity index (χ2v) is 5.52. The lowest BCUT2D eigenvalue weighted by Crippen LogP contribution is -2.40. The first-order valence-electron chi connectivity index (χ1n) is 7.17. The molecular weight excluding hydrogens is 266 g/mol. The van der Waals surface area contributed by atoms with Crippen LogP contribution >= 0.6 is 0 Å². The molecule has 0 aliphatic carbocycles. The molecule has 1 aliphatic heterocycles. The van der Waals surface area contributed by atoms with Gasteiger partial charge in [0.25, 0.3) is 0 Å². The van der Waals surface area contributed by atoms with Crippen molar-refractivity contribution >= 4 is 11.7 Å². The summed E-state index contributed by atoms with van der Waals surface area (Å²) >= 11 is 0. The molecule has 1 aromatic heterocycles. The maximum Gasteiger partial charge on any atom is 0.308 e. The molecule has 5 nitrogen and oxygen atoms in total. The van der Waals surface area contributed by atoms with Gasteiger partial charge in [-0.25, -0.2) is 4.98 Å². The number of carboxylic acids is 1. The first-order chi connectivity index (χ1) is 10.1. The molecule has 21 heavy (non-hydrogen) atoms. The van der Waals surface area contributed by atoms with Crippen LogP contribution < -0.4 is 4.90 Å². The van der Waals surface area contributed by atoms with Crippen LogP contribution in [0.25, 0.3) is 0 Å². The van der Waals surface area contributed by atoms with E-state index in [1.165, 1.54) is 0 Å². The zero-order chi connectivity index (χ0) is 14.8. The van der Waals surface area contributed by atoms with Crippen molar-refractivity contribution in [1.82, 2.24) is 9.55 Å². The number of benzene rings is 1. The Morgan fingerprint density at radius 2 is 2.24 bits per heavy atom. The number of hydrogen-bond donors (Lipinski definition) is 1. The molecule has 0 spiro atoms. The lowest BCUT2D eigenvalue weighted by Gasteiger charge is -2.34. The third-order valence-corrected chi connectivity index (χ3v) is 4.11. The highest BCUT2D eigenvalue weighted by Crippen LogP contribution is 2.29. The van der Waals surface area contributed by atoms with E-state index in [9.17, 15) is 9.90 Å². The Bertz CT molecular complexity index is 650. The van der Waals surface area contributed by atoms with Gasteiger partial charge in [0, 0.05) is 44.6 Å². The monoisotopic (exact) mass is 285 g/mol. The lowest BCUT2D eigenvalue weighted by atomic mass is 9.92. The van der Waals surface area contributed by atoms with Crippen molar-refractivity contribution in [2.24, 2.45) is 13.0 Å². The van der Waals surface area contributed by atoms with Crippen LogP contribution in [0.5, 0.6) is 0 Å². The summed E-state index contributed by atoms with van der Waals surface area (Å²) in [6, 6.07) is 8.08. The lowest BCUT2D eigenvalue weighted by molar-refractivity contribution is -0.141. The highest BCUT2D eigenvalue weighted by molar-refractivity contribution is 5.73. The summed E-state index contributed by atoms with van der Waals surface area (Å²) in [6.45, 7) is 1.35. The summed E-state index contributed by atoms with van der Waals surface area (Å²) in [7, 11) is 1.98. The van der Waals surface area contributed by atoms with Crippen molar-refractivity contribution in [3.63, 3.8) is 0 Å². The van der Waals surface area contributed by atoms with Crippen LogP contribution in [0.3, 0.4) is 0 Å². The molecule has 0 saturated heterocycles. The molecular formula is C16H19N3O2. The molecule has 0 saturated carbocycles. The van der Waals surface area contributed by atoms with E-state index in [1.54, 1.807) is 6.20 Å². The summed E-state index contributed by atoms with van der Waals surface area (Å²) in [5.74, 6) is -0.0299. The minimum absolute atomic E-state index is 0.332. The van der Waals surface area contributed by atoms with Gasteiger partial charge < -0.3 is 14.6 Å². The molecule has 2 heterocycles. The van der Waals surface area contributed by atoms with Crippen LogP contribution in [-0.2, 0) is 24.7 Å². The molecule has 3 rings (SSSR count). The Balaban J connectivity index is 1.80. The van der Waals surface area contributed by atoms with Crippen LogP contribution in [0.2, 0.25) is 0 Å². The zero-order valence-corrected chi connectivity index (χ0v) is 12.1. The first kappa shape index (κ1) is 13.7. The fraction of sp³-hybridized carbons (Fsp3) is 0.375. The standard InChI is InChI=1S/C16H19N3O2/c1-18-9-7-17-15(18)6-8-19-11-13(16(20)21)10-12-4-2-3-5-14(12)19/h2-5,7,9,13H,6,8,10-11H2,1H3,(H,20,21). The third-order valence-electron chi connectivity index (χ3n) is 4.11. The van der Waals surface area contributed by atoms with Gasteiger partial charge in [-0.15, -0.1) is 0 Å². The molecule has 2 aromatic rings. The Morgan fingerprint density at radius 1 is 1.43 bits per heavy atom. The summed E-state index contributed by atoms with van der Waals surface area (Å²) in [5, 5.41) is 9.33. The highest BCUT2D eigenvalue weighted by Gasteiger charge is 2.28. The molecule has 0 bridgehead atoms. The van der Waals surface area contributed by atoms with E-state index in [1.807, 2.05) is 36.0 Å². The van der Waals surface area contributed by atoms with E-state index in [4.69, 9.17) is 0 Å². The number of nitrogens with zero attached hydrogens (tertiary/aromatic N) is 3. The van der Waals surface area contributed by atoms with E-state index < -0.39 is 5.97 Å². The van der Waals surface area contributed by atoms with E-state index >= 15 is 0 Å². The maximum atomic E-state index is 11.4. The summed E-state index contributed by atoms with van der Waals surface area (Å²) in [6.07, 6.45) is 5.15. The van der Waals surface area contributed by atoms with E-state index in [0.29, 0.717) is 13.0 Å². The number of imidazole rings is 1. The van der Waals surface area contributed by atoms with Crippen LogP contribution in [-0.4, -0.2) is 33.7 Å². The number of aliphatic carboxylic acids is 1. The van der Waals surface area contributed by atoms with Crippen molar-refractivity contribution in [3.05, 3.63) is 48.0 Å². The summed E-state index contributed by atoms with van der Waals surface area (Å²) in [4.78, 5) is 17.9. The number of aromatic nitrogens is 2. The van der Waals surface area contributed by atoms with Crippen molar-refractivity contribution in [1.29, 1.82) is 0 Å². The number of rotatable bonds is 4. The topological polar surface area (TPSA) is 58.4 Å².